The van der Waals surface area contributed by atoms with Crippen LogP contribution in [0.2, 0.25) is 10.0 Å². The number of rotatable bonds is 5. The van der Waals surface area contributed by atoms with Crippen LogP contribution in [0.4, 0.5) is 0 Å². The van der Waals surface area contributed by atoms with E-state index in [0.717, 1.165) is 17.3 Å². The molecule has 0 saturated carbocycles. The Balaban J connectivity index is 1.47. The van der Waals surface area contributed by atoms with Gasteiger partial charge in [0.1, 0.15) is 11.5 Å². The zero-order chi connectivity index (χ0) is 22.7. The number of carbonyl (C=O) groups excluding carboxylic acids is 1. The van der Waals surface area contributed by atoms with Gasteiger partial charge in [-0.25, -0.2) is 4.79 Å². The average molecular weight is 486 g/mol. The van der Waals surface area contributed by atoms with Crippen molar-refractivity contribution in [2.75, 3.05) is 0 Å². The number of amidine groups is 1. The fourth-order valence-corrected chi connectivity index (χ4v) is 3.87. The van der Waals surface area contributed by atoms with Crippen molar-refractivity contribution >= 4 is 64.3 Å². The van der Waals surface area contributed by atoms with Crippen LogP contribution in [0, 0.1) is 0 Å². The van der Waals surface area contributed by atoms with Gasteiger partial charge in [0, 0.05) is 16.7 Å². The number of carbonyl (C=O) groups is 2. The third-order valence-electron chi connectivity index (χ3n) is 4.26. The van der Waals surface area contributed by atoms with E-state index in [2.05, 4.69) is 15.5 Å². The lowest BCUT2D eigenvalue weighted by Crippen LogP contribution is -2.19. The molecule has 160 valence electrons. The molecule has 7 nitrogen and oxygen atoms in total. The molecule has 0 unspecified atom stereocenters. The van der Waals surface area contributed by atoms with Crippen molar-refractivity contribution in [3.05, 3.63) is 86.4 Å². The first-order valence-electron chi connectivity index (χ1n) is 9.09. The van der Waals surface area contributed by atoms with Crippen LogP contribution >= 0.6 is 35.0 Å². The molecule has 10 heteroatoms. The van der Waals surface area contributed by atoms with Crippen molar-refractivity contribution in [3.8, 4) is 11.3 Å². The fourth-order valence-electron chi connectivity index (χ4n) is 2.73. The van der Waals surface area contributed by atoms with Gasteiger partial charge in [-0.1, -0.05) is 41.4 Å². The summed E-state index contributed by atoms with van der Waals surface area (Å²) in [7, 11) is 0. The Bertz CT molecular complexity index is 1300. The smallest absolute Gasteiger partial charge is 0.337 e. The highest BCUT2D eigenvalue weighted by Gasteiger charge is 2.24. The number of hydrogen-bond donors (Lipinski definition) is 2. The second kappa shape index (κ2) is 9.44. The first kappa shape index (κ1) is 21.9. The average Bonchev–Trinajstić information content (AvgIpc) is 3.36. The minimum absolute atomic E-state index is 0.00822. The van der Waals surface area contributed by atoms with E-state index in [1.807, 2.05) is 0 Å². The number of benzene rings is 2. The largest absolute Gasteiger partial charge is 0.478 e. The molecule has 2 heterocycles. The number of aromatic carboxylic acids is 1. The van der Waals surface area contributed by atoms with E-state index >= 15 is 0 Å². The molecule has 32 heavy (non-hydrogen) atoms. The molecule has 3 aromatic rings. The molecule has 1 aliphatic rings. The normalized spacial score (nSPS) is 16.2. The standard InChI is InChI=1S/C22H13Cl2N3O4S/c23-14-4-1-12(2-5-14)11-25-27-22-26-20(28)19(32-22)10-15-6-8-18(31-15)13-3-7-16(21(29)30)17(24)9-13/h1-11H,(H,29,30)(H,26,27,28). The van der Waals surface area contributed by atoms with Crippen molar-refractivity contribution in [2.45, 2.75) is 0 Å². The summed E-state index contributed by atoms with van der Waals surface area (Å²) in [6, 6.07) is 15.0. The maximum atomic E-state index is 12.2. The summed E-state index contributed by atoms with van der Waals surface area (Å²) in [6.07, 6.45) is 3.14. The molecular formula is C22H13Cl2N3O4S. The van der Waals surface area contributed by atoms with Crippen LogP contribution in [-0.4, -0.2) is 28.4 Å². The first-order valence-corrected chi connectivity index (χ1v) is 10.7. The summed E-state index contributed by atoms with van der Waals surface area (Å²) in [4.78, 5) is 23.7. The summed E-state index contributed by atoms with van der Waals surface area (Å²) in [5.41, 5.74) is 1.45. The van der Waals surface area contributed by atoms with Crippen LogP contribution < -0.4 is 5.32 Å². The van der Waals surface area contributed by atoms with Gasteiger partial charge in [0.05, 0.1) is 21.7 Å². The molecule has 2 N–H and O–H groups in total. The first-order chi connectivity index (χ1) is 15.4. The van der Waals surface area contributed by atoms with Gasteiger partial charge < -0.3 is 9.52 Å². The Kier molecular flexibility index (Phi) is 6.45. The predicted octanol–water partition coefficient (Wildman–Crippen LogP) is 5.55. The summed E-state index contributed by atoms with van der Waals surface area (Å²) in [5, 5.41) is 20.8. The van der Waals surface area contributed by atoms with Gasteiger partial charge >= 0.3 is 5.97 Å². The number of nitrogens with one attached hydrogen (secondary N) is 1. The van der Waals surface area contributed by atoms with Crippen LogP contribution in [0.3, 0.4) is 0 Å². The molecule has 0 radical (unpaired) electrons. The van der Waals surface area contributed by atoms with Crippen LogP contribution in [0.25, 0.3) is 17.4 Å². The van der Waals surface area contributed by atoms with E-state index in [0.29, 0.717) is 32.2 Å². The van der Waals surface area contributed by atoms with Crippen molar-refractivity contribution < 1.29 is 19.1 Å². The van der Waals surface area contributed by atoms with Gasteiger partial charge in [-0.15, -0.1) is 5.10 Å². The van der Waals surface area contributed by atoms with E-state index in [-0.39, 0.29) is 16.5 Å². The van der Waals surface area contributed by atoms with E-state index in [4.69, 9.17) is 32.7 Å². The third kappa shape index (κ3) is 5.11. The molecule has 1 aliphatic heterocycles. The number of thioether (sulfide) groups is 1. The van der Waals surface area contributed by atoms with Crippen molar-refractivity contribution in [2.24, 2.45) is 10.2 Å². The SMILES string of the molecule is O=C1N/C(=N\N=Cc2ccc(Cl)cc2)SC1=Cc1ccc(-c2ccc(C(=O)O)c(Cl)c2)o1. The molecule has 1 amide bonds. The number of nitrogens with zero attached hydrogens (tertiary/aromatic N) is 2. The maximum absolute atomic E-state index is 12.2. The van der Waals surface area contributed by atoms with E-state index in [9.17, 15) is 9.59 Å². The minimum Gasteiger partial charge on any atom is -0.478 e. The molecule has 2 aromatic carbocycles. The van der Waals surface area contributed by atoms with Crippen molar-refractivity contribution in [3.63, 3.8) is 0 Å². The lowest BCUT2D eigenvalue weighted by Gasteiger charge is -2.01. The topological polar surface area (TPSA) is 104 Å². The Labute approximate surface area is 196 Å². The number of carboxylic acid groups (broad SMARTS) is 1. The van der Waals surface area contributed by atoms with E-state index in [1.54, 1.807) is 54.8 Å². The molecule has 4 rings (SSSR count). The number of hydrogen-bond acceptors (Lipinski definition) is 6. The van der Waals surface area contributed by atoms with Gasteiger partial charge in [-0.2, -0.15) is 5.10 Å². The van der Waals surface area contributed by atoms with Crippen molar-refractivity contribution in [1.82, 2.24) is 5.32 Å². The van der Waals surface area contributed by atoms with E-state index in [1.165, 1.54) is 12.1 Å². The molecule has 0 bridgehead atoms. The lowest BCUT2D eigenvalue weighted by molar-refractivity contribution is -0.115. The van der Waals surface area contributed by atoms with Gasteiger partial charge in [0.15, 0.2) is 5.17 Å². The highest BCUT2D eigenvalue weighted by atomic mass is 35.5. The summed E-state index contributed by atoms with van der Waals surface area (Å²) in [6.45, 7) is 0. The Morgan fingerprint density at radius 1 is 1.09 bits per heavy atom. The number of amides is 1. The molecule has 1 saturated heterocycles. The van der Waals surface area contributed by atoms with Gasteiger partial charge in [0.2, 0.25) is 0 Å². The number of halogens is 2. The number of furan rings is 1. The molecule has 0 aliphatic carbocycles. The van der Waals surface area contributed by atoms with Crippen LogP contribution in [0.15, 0.2) is 74.1 Å². The fraction of sp³-hybridized carbons (Fsp3) is 0. The van der Waals surface area contributed by atoms with Crippen LogP contribution in [-0.2, 0) is 4.79 Å². The summed E-state index contributed by atoms with van der Waals surface area (Å²) >= 11 is 13.0. The maximum Gasteiger partial charge on any atom is 0.337 e. The Morgan fingerprint density at radius 3 is 2.59 bits per heavy atom. The van der Waals surface area contributed by atoms with Gasteiger partial charge in [-0.05, 0) is 53.7 Å². The number of carboxylic acids is 1. The Morgan fingerprint density at radius 2 is 1.88 bits per heavy atom. The quantitative estimate of drug-likeness (QED) is 0.280. The molecule has 1 fully saturated rings. The van der Waals surface area contributed by atoms with Gasteiger partial charge in [0.25, 0.3) is 5.91 Å². The minimum atomic E-state index is -1.11. The summed E-state index contributed by atoms with van der Waals surface area (Å²) in [5.74, 6) is -0.490. The second-order valence-electron chi connectivity index (χ2n) is 6.47. The lowest BCUT2D eigenvalue weighted by atomic mass is 10.1. The molecule has 1 aromatic heterocycles. The highest BCUT2D eigenvalue weighted by Crippen LogP contribution is 2.30. The monoisotopic (exact) mass is 485 g/mol. The summed E-state index contributed by atoms with van der Waals surface area (Å²) < 4.78 is 5.76. The zero-order valence-corrected chi connectivity index (χ0v) is 18.4. The molecule has 0 atom stereocenters. The highest BCUT2D eigenvalue weighted by molar-refractivity contribution is 8.18. The van der Waals surface area contributed by atoms with Crippen LogP contribution in [0.5, 0.6) is 0 Å². The Hall–Kier alpha value is -3.33. The third-order valence-corrected chi connectivity index (χ3v) is 5.73. The van der Waals surface area contributed by atoms with Gasteiger partial charge in [-0.3, -0.25) is 10.1 Å². The zero-order valence-electron chi connectivity index (χ0n) is 16.1. The van der Waals surface area contributed by atoms with Crippen molar-refractivity contribution in [1.29, 1.82) is 0 Å². The predicted molar refractivity (Wildman–Crippen MR) is 126 cm³/mol. The van der Waals surface area contributed by atoms with Crippen LogP contribution in [0.1, 0.15) is 21.7 Å². The molecule has 0 spiro atoms. The molecular weight excluding hydrogens is 473 g/mol. The van der Waals surface area contributed by atoms with E-state index < -0.39 is 5.97 Å². The second-order valence-corrected chi connectivity index (χ2v) is 8.34.